The summed E-state index contributed by atoms with van der Waals surface area (Å²) in [5.41, 5.74) is 0.796. The summed E-state index contributed by atoms with van der Waals surface area (Å²) >= 11 is 1.32. The Kier molecular flexibility index (Phi) is 6.08. The van der Waals surface area contributed by atoms with Crippen molar-refractivity contribution in [1.29, 1.82) is 0 Å². The number of nitrogens with zero attached hydrogens (tertiary/aromatic N) is 2. The maximum atomic E-state index is 13.7. The van der Waals surface area contributed by atoms with Gasteiger partial charge in [0, 0.05) is 31.7 Å². The number of piperazine rings is 1. The maximum absolute atomic E-state index is 13.7. The predicted molar refractivity (Wildman–Crippen MR) is 105 cm³/mol. The molecular weight excluding hydrogens is 381 g/mol. The first-order valence-corrected chi connectivity index (χ1v) is 9.93. The fourth-order valence-corrected chi connectivity index (χ4v) is 3.68. The first-order valence-electron chi connectivity index (χ1n) is 9.05. The van der Waals surface area contributed by atoms with Crippen molar-refractivity contribution in [3.63, 3.8) is 0 Å². The van der Waals surface area contributed by atoms with E-state index in [1.165, 1.54) is 17.4 Å². The zero-order valence-electron chi connectivity index (χ0n) is 15.8. The average Bonchev–Trinajstić information content (AvgIpc) is 3.24. The number of hydrogen-bond donors (Lipinski definition) is 1. The summed E-state index contributed by atoms with van der Waals surface area (Å²) in [7, 11) is 0. The number of halogens is 1. The third kappa shape index (κ3) is 4.39. The van der Waals surface area contributed by atoms with Gasteiger partial charge >= 0.3 is 0 Å². The molecule has 0 bridgehead atoms. The monoisotopic (exact) mass is 403 g/mol. The summed E-state index contributed by atoms with van der Waals surface area (Å²) in [6.07, 6.45) is 0. The highest BCUT2D eigenvalue weighted by molar-refractivity contribution is 7.12. The summed E-state index contributed by atoms with van der Waals surface area (Å²) in [5, 5.41) is 4.51. The van der Waals surface area contributed by atoms with Crippen molar-refractivity contribution in [2.75, 3.05) is 26.2 Å². The van der Waals surface area contributed by atoms with Gasteiger partial charge in [-0.25, -0.2) is 4.39 Å². The second-order valence-electron chi connectivity index (χ2n) is 6.75. The van der Waals surface area contributed by atoms with Crippen LogP contribution in [-0.2, 0) is 4.79 Å². The molecule has 1 saturated heterocycles. The normalized spacial score (nSPS) is 15.2. The van der Waals surface area contributed by atoms with Gasteiger partial charge < -0.3 is 15.1 Å². The van der Waals surface area contributed by atoms with Crippen molar-refractivity contribution in [1.82, 2.24) is 15.1 Å². The Morgan fingerprint density at radius 3 is 2.39 bits per heavy atom. The lowest BCUT2D eigenvalue weighted by molar-refractivity contribution is -0.134. The maximum Gasteiger partial charge on any atom is 0.261 e. The number of rotatable bonds is 4. The fraction of sp³-hybridized carbons (Fsp3) is 0.350. The van der Waals surface area contributed by atoms with E-state index in [1.807, 2.05) is 0 Å². The first kappa shape index (κ1) is 20.0. The highest BCUT2D eigenvalue weighted by atomic mass is 32.1. The minimum atomic E-state index is -0.650. The molecule has 1 atom stereocenters. The van der Waals surface area contributed by atoms with Crippen LogP contribution in [0.25, 0.3) is 0 Å². The highest BCUT2D eigenvalue weighted by Gasteiger charge is 2.28. The van der Waals surface area contributed by atoms with Crippen molar-refractivity contribution < 1.29 is 18.8 Å². The molecule has 6 nitrogen and oxygen atoms in total. The van der Waals surface area contributed by atoms with E-state index in [0.29, 0.717) is 42.2 Å². The van der Waals surface area contributed by atoms with Crippen molar-refractivity contribution >= 4 is 29.1 Å². The van der Waals surface area contributed by atoms with Crippen molar-refractivity contribution in [3.05, 3.63) is 57.5 Å². The molecule has 1 N–H and O–H groups in total. The van der Waals surface area contributed by atoms with Crippen LogP contribution < -0.4 is 5.32 Å². The third-order valence-electron chi connectivity index (χ3n) is 4.76. The Bertz CT molecular complexity index is 877. The van der Waals surface area contributed by atoms with Crippen molar-refractivity contribution in [2.24, 2.45) is 0 Å². The molecule has 0 saturated carbocycles. The molecule has 1 fully saturated rings. The zero-order valence-corrected chi connectivity index (χ0v) is 16.6. The van der Waals surface area contributed by atoms with E-state index < -0.39 is 11.9 Å². The van der Waals surface area contributed by atoms with Gasteiger partial charge in [0.25, 0.3) is 11.8 Å². The molecule has 1 aliphatic rings. The van der Waals surface area contributed by atoms with E-state index >= 15 is 0 Å². The molecule has 0 radical (unpaired) electrons. The second kappa shape index (κ2) is 8.52. The molecule has 1 aromatic carbocycles. The summed E-state index contributed by atoms with van der Waals surface area (Å²) in [4.78, 5) is 41.0. The second-order valence-corrected chi connectivity index (χ2v) is 7.70. The van der Waals surface area contributed by atoms with E-state index in [1.54, 1.807) is 53.3 Å². The smallest absolute Gasteiger partial charge is 0.261 e. The van der Waals surface area contributed by atoms with Gasteiger partial charge in [-0.3, -0.25) is 14.4 Å². The van der Waals surface area contributed by atoms with Gasteiger partial charge in [0.15, 0.2) is 0 Å². The predicted octanol–water partition coefficient (Wildman–Crippen LogP) is 2.30. The molecule has 3 rings (SSSR count). The van der Waals surface area contributed by atoms with Gasteiger partial charge in [-0.1, -0.05) is 12.1 Å². The Morgan fingerprint density at radius 1 is 1.11 bits per heavy atom. The van der Waals surface area contributed by atoms with E-state index in [-0.39, 0.29) is 17.7 Å². The van der Waals surface area contributed by atoms with Crippen LogP contribution in [0.5, 0.6) is 0 Å². The van der Waals surface area contributed by atoms with Gasteiger partial charge in [-0.15, -0.1) is 11.3 Å². The molecule has 2 heterocycles. The minimum absolute atomic E-state index is 0.182. The molecule has 1 unspecified atom stereocenters. The van der Waals surface area contributed by atoms with Gasteiger partial charge in [0.1, 0.15) is 11.9 Å². The third-order valence-corrected chi connectivity index (χ3v) is 5.63. The van der Waals surface area contributed by atoms with Crippen LogP contribution in [-0.4, -0.2) is 59.7 Å². The Morgan fingerprint density at radius 2 is 1.79 bits per heavy atom. The summed E-state index contributed by atoms with van der Waals surface area (Å²) in [6, 6.07) is 7.28. The van der Waals surface area contributed by atoms with Crippen LogP contribution in [0.1, 0.15) is 32.5 Å². The quantitative estimate of drug-likeness (QED) is 0.852. The number of amides is 3. The van der Waals surface area contributed by atoms with Gasteiger partial charge in [0.05, 0.1) is 4.88 Å². The van der Waals surface area contributed by atoms with Crippen LogP contribution >= 0.6 is 11.3 Å². The van der Waals surface area contributed by atoms with Crippen LogP contribution in [0.15, 0.2) is 35.7 Å². The topological polar surface area (TPSA) is 69.7 Å². The first-order chi connectivity index (χ1) is 13.4. The van der Waals surface area contributed by atoms with Crippen molar-refractivity contribution in [3.8, 4) is 0 Å². The number of thiophene rings is 1. The van der Waals surface area contributed by atoms with Crippen molar-refractivity contribution in [2.45, 2.75) is 19.9 Å². The fourth-order valence-electron chi connectivity index (χ4n) is 3.05. The van der Waals surface area contributed by atoms with Gasteiger partial charge in [-0.05, 0) is 43.0 Å². The van der Waals surface area contributed by atoms with E-state index in [2.05, 4.69) is 5.32 Å². The number of hydrogen-bond acceptors (Lipinski definition) is 4. The molecule has 1 aliphatic heterocycles. The summed E-state index contributed by atoms with van der Waals surface area (Å²) in [6.45, 7) is 4.78. The Hall–Kier alpha value is -2.74. The summed E-state index contributed by atoms with van der Waals surface area (Å²) in [5.74, 6) is -1.11. The van der Waals surface area contributed by atoms with Gasteiger partial charge in [0.2, 0.25) is 5.91 Å². The number of carbonyl (C=O) groups is 3. The van der Waals surface area contributed by atoms with Crippen LogP contribution in [0.2, 0.25) is 0 Å². The lowest BCUT2D eigenvalue weighted by Crippen LogP contribution is -2.55. The number of carbonyl (C=O) groups excluding carboxylic acids is 3. The zero-order chi connectivity index (χ0) is 20.3. The number of benzene rings is 1. The van der Waals surface area contributed by atoms with Crippen LogP contribution in [0.3, 0.4) is 0 Å². The van der Waals surface area contributed by atoms with Crippen LogP contribution in [0, 0.1) is 12.7 Å². The molecule has 3 amide bonds. The van der Waals surface area contributed by atoms with Gasteiger partial charge in [-0.2, -0.15) is 0 Å². The Labute approximate surface area is 166 Å². The SMILES string of the molecule is Cc1ccc(C(=O)N2CCN(C(=O)C(C)NC(=O)c3cccs3)CC2)cc1F. The molecule has 148 valence electrons. The summed E-state index contributed by atoms with van der Waals surface area (Å²) < 4.78 is 13.7. The largest absolute Gasteiger partial charge is 0.340 e. The highest BCUT2D eigenvalue weighted by Crippen LogP contribution is 2.14. The lowest BCUT2D eigenvalue weighted by atomic mass is 10.1. The van der Waals surface area contributed by atoms with E-state index in [0.717, 1.165) is 0 Å². The standard InChI is InChI=1S/C20H22FN3O3S/c1-13-5-6-15(12-16(13)21)20(27)24-9-7-23(8-10-24)19(26)14(2)22-18(25)17-4-3-11-28-17/h3-6,11-12,14H,7-10H2,1-2H3,(H,22,25). The average molecular weight is 403 g/mol. The van der Waals surface area contributed by atoms with E-state index in [9.17, 15) is 18.8 Å². The molecule has 2 aromatic rings. The number of nitrogens with one attached hydrogen (secondary N) is 1. The van der Waals surface area contributed by atoms with Crippen LogP contribution in [0.4, 0.5) is 4.39 Å². The lowest BCUT2D eigenvalue weighted by Gasteiger charge is -2.36. The Balaban J connectivity index is 1.54. The molecule has 8 heteroatoms. The number of aryl methyl sites for hydroxylation is 1. The molecule has 28 heavy (non-hydrogen) atoms. The minimum Gasteiger partial charge on any atom is -0.340 e. The molecular formula is C20H22FN3O3S. The molecule has 0 aliphatic carbocycles. The van der Waals surface area contributed by atoms with E-state index in [4.69, 9.17) is 0 Å². The molecule has 0 spiro atoms. The molecule has 1 aromatic heterocycles.